The molecule has 1 amide bonds. The van der Waals surface area contributed by atoms with Gasteiger partial charge in [0, 0.05) is 50.4 Å². The van der Waals surface area contributed by atoms with Gasteiger partial charge >= 0.3 is 0 Å². The van der Waals surface area contributed by atoms with Crippen LogP contribution in [0.4, 0.5) is 5.82 Å². The Labute approximate surface area is 150 Å². The smallest absolute Gasteiger partial charge is 0.255 e. The molecule has 2 unspecified atom stereocenters. The van der Waals surface area contributed by atoms with E-state index in [-0.39, 0.29) is 5.91 Å². The lowest BCUT2D eigenvalue weighted by Gasteiger charge is -2.22. The largest absolute Gasteiger partial charge is 0.354 e. The molecule has 5 rings (SSSR count). The van der Waals surface area contributed by atoms with Crippen molar-refractivity contribution in [3.05, 3.63) is 48.0 Å². The van der Waals surface area contributed by atoms with E-state index in [2.05, 4.69) is 25.2 Å². The minimum absolute atomic E-state index is 0.0821. The number of carbonyl (C=O) groups is 1. The molecule has 2 aliphatic heterocycles. The maximum Gasteiger partial charge on any atom is 0.255 e. The van der Waals surface area contributed by atoms with Gasteiger partial charge in [-0.2, -0.15) is 4.52 Å². The van der Waals surface area contributed by atoms with E-state index in [1.54, 1.807) is 23.0 Å². The molecule has 0 radical (unpaired) electrons. The van der Waals surface area contributed by atoms with Crippen LogP contribution in [-0.2, 0) is 0 Å². The highest BCUT2D eigenvalue weighted by Gasteiger charge is 2.42. The van der Waals surface area contributed by atoms with E-state index in [0.29, 0.717) is 17.4 Å². The molecule has 3 aromatic heterocycles. The maximum atomic E-state index is 12.6. The van der Waals surface area contributed by atoms with Gasteiger partial charge < -0.3 is 9.80 Å². The Hall–Kier alpha value is -3.03. The van der Waals surface area contributed by atoms with Crippen LogP contribution in [0.15, 0.2) is 36.7 Å². The molecule has 2 aliphatic rings. The van der Waals surface area contributed by atoms with Gasteiger partial charge in [0.1, 0.15) is 5.82 Å². The predicted molar refractivity (Wildman–Crippen MR) is 94.9 cm³/mol. The molecule has 8 heteroatoms. The summed E-state index contributed by atoms with van der Waals surface area (Å²) < 4.78 is 1.78. The number of aromatic nitrogens is 5. The number of anilines is 1. The average molecular weight is 349 g/mol. The van der Waals surface area contributed by atoms with Crippen LogP contribution >= 0.6 is 0 Å². The van der Waals surface area contributed by atoms with E-state index in [1.165, 1.54) is 0 Å². The minimum atomic E-state index is 0.0821. The third kappa shape index (κ3) is 2.40. The standard InChI is InChI=1S/C18H19N7O/c1-12-20-21-16-4-5-17(22-25(12)16)23-8-14-10-24(11-15(14)9-23)18(26)13-3-2-6-19-7-13/h2-7,14-15H,8-11H2,1H3. The molecule has 2 saturated heterocycles. The Kier molecular flexibility index (Phi) is 3.37. The maximum absolute atomic E-state index is 12.6. The van der Waals surface area contributed by atoms with E-state index >= 15 is 0 Å². The average Bonchev–Trinajstić information content (AvgIpc) is 3.35. The summed E-state index contributed by atoms with van der Waals surface area (Å²) in [6, 6.07) is 7.59. The van der Waals surface area contributed by atoms with Crippen molar-refractivity contribution in [3.63, 3.8) is 0 Å². The first-order chi connectivity index (χ1) is 12.7. The number of amides is 1. The van der Waals surface area contributed by atoms with Crippen LogP contribution in [0.5, 0.6) is 0 Å². The fourth-order valence-corrected chi connectivity index (χ4v) is 4.07. The summed E-state index contributed by atoms with van der Waals surface area (Å²) in [5, 5.41) is 12.8. The van der Waals surface area contributed by atoms with Gasteiger partial charge in [0.25, 0.3) is 5.91 Å². The highest BCUT2D eigenvalue weighted by molar-refractivity contribution is 5.94. The van der Waals surface area contributed by atoms with Crippen LogP contribution < -0.4 is 4.90 Å². The summed E-state index contributed by atoms with van der Waals surface area (Å²) in [7, 11) is 0. The summed E-state index contributed by atoms with van der Waals surface area (Å²) in [5.74, 6) is 2.78. The second-order valence-electron chi connectivity index (χ2n) is 7.09. The molecule has 3 aromatic rings. The minimum Gasteiger partial charge on any atom is -0.354 e. The number of nitrogens with zero attached hydrogens (tertiary/aromatic N) is 7. The van der Waals surface area contributed by atoms with Gasteiger partial charge in [-0.05, 0) is 31.2 Å². The van der Waals surface area contributed by atoms with Gasteiger partial charge in [-0.15, -0.1) is 15.3 Å². The van der Waals surface area contributed by atoms with E-state index in [9.17, 15) is 4.79 Å². The van der Waals surface area contributed by atoms with Crippen molar-refractivity contribution in [1.82, 2.24) is 29.7 Å². The predicted octanol–water partition coefficient (Wildman–Crippen LogP) is 1.04. The Morgan fingerprint density at radius 1 is 1.08 bits per heavy atom. The fourth-order valence-electron chi connectivity index (χ4n) is 4.07. The molecule has 0 aliphatic carbocycles. The Morgan fingerprint density at radius 2 is 1.88 bits per heavy atom. The summed E-state index contributed by atoms with van der Waals surface area (Å²) in [6.07, 6.45) is 3.33. The number of likely N-dealkylation sites (tertiary alicyclic amines) is 1. The summed E-state index contributed by atoms with van der Waals surface area (Å²) in [6.45, 7) is 5.32. The normalized spacial score (nSPS) is 22.2. The first-order valence-corrected chi connectivity index (χ1v) is 8.82. The van der Waals surface area contributed by atoms with Gasteiger partial charge in [-0.3, -0.25) is 9.78 Å². The zero-order chi connectivity index (χ0) is 17.7. The van der Waals surface area contributed by atoms with E-state index in [0.717, 1.165) is 43.5 Å². The molecule has 0 saturated carbocycles. The number of carbonyl (C=O) groups excluding carboxylic acids is 1. The second-order valence-corrected chi connectivity index (χ2v) is 7.09. The molecule has 26 heavy (non-hydrogen) atoms. The molecule has 8 nitrogen and oxygen atoms in total. The van der Waals surface area contributed by atoms with Gasteiger partial charge in [-0.25, -0.2) is 0 Å². The monoisotopic (exact) mass is 349 g/mol. The molecule has 0 aromatic carbocycles. The molecule has 0 spiro atoms. The Bertz CT molecular complexity index is 956. The summed E-state index contributed by atoms with van der Waals surface area (Å²) in [4.78, 5) is 20.9. The Morgan fingerprint density at radius 3 is 2.62 bits per heavy atom. The van der Waals surface area contributed by atoms with Gasteiger partial charge in [-0.1, -0.05) is 0 Å². The van der Waals surface area contributed by atoms with Crippen molar-refractivity contribution in [2.24, 2.45) is 11.8 Å². The van der Waals surface area contributed by atoms with Crippen LogP contribution in [0.2, 0.25) is 0 Å². The zero-order valence-corrected chi connectivity index (χ0v) is 14.5. The molecule has 2 atom stereocenters. The van der Waals surface area contributed by atoms with E-state index in [4.69, 9.17) is 0 Å². The Balaban J connectivity index is 1.30. The second kappa shape index (κ2) is 5.76. The van der Waals surface area contributed by atoms with E-state index in [1.807, 2.05) is 30.0 Å². The SMILES string of the molecule is Cc1nnc2ccc(N3CC4CN(C(=O)c5cccnc5)CC4C3)nn12. The van der Waals surface area contributed by atoms with Crippen molar-refractivity contribution < 1.29 is 4.79 Å². The van der Waals surface area contributed by atoms with Gasteiger partial charge in [0.05, 0.1) is 5.56 Å². The van der Waals surface area contributed by atoms with Crippen LogP contribution in [0.1, 0.15) is 16.2 Å². The molecule has 5 heterocycles. The van der Waals surface area contributed by atoms with Crippen molar-refractivity contribution in [1.29, 1.82) is 0 Å². The van der Waals surface area contributed by atoms with Crippen LogP contribution in [0.3, 0.4) is 0 Å². The topological polar surface area (TPSA) is 79.5 Å². The zero-order valence-electron chi connectivity index (χ0n) is 14.5. The van der Waals surface area contributed by atoms with Crippen LogP contribution in [0.25, 0.3) is 5.65 Å². The number of hydrogen-bond acceptors (Lipinski definition) is 6. The van der Waals surface area contributed by atoms with Crippen molar-refractivity contribution >= 4 is 17.4 Å². The molecule has 132 valence electrons. The van der Waals surface area contributed by atoms with E-state index < -0.39 is 0 Å². The first kappa shape index (κ1) is 15.2. The van der Waals surface area contributed by atoms with Crippen LogP contribution in [-0.4, -0.2) is 61.8 Å². The van der Waals surface area contributed by atoms with Crippen molar-refractivity contribution in [2.45, 2.75) is 6.92 Å². The summed E-state index contributed by atoms with van der Waals surface area (Å²) in [5.41, 5.74) is 1.43. The highest BCUT2D eigenvalue weighted by Crippen LogP contribution is 2.33. The lowest BCUT2D eigenvalue weighted by atomic mass is 10.0. The number of hydrogen-bond donors (Lipinski definition) is 0. The lowest BCUT2D eigenvalue weighted by molar-refractivity contribution is 0.0782. The molecular formula is C18H19N7O. The lowest BCUT2D eigenvalue weighted by Crippen LogP contribution is -2.33. The third-order valence-corrected chi connectivity index (χ3v) is 5.41. The molecular weight excluding hydrogens is 330 g/mol. The molecule has 0 bridgehead atoms. The number of pyridine rings is 1. The summed E-state index contributed by atoms with van der Waals surface area (Å²) >= 11 is 0. The van der Waals surface area contributed by atoms with Crippen LogP contribution in [0, 0.1) is 18.8 Å². The van der Waals surface area contributed by atoms with Gasteiger partial charge in [0.15, 0.2) is 11.5 Å². The number of aryl methyl sites for hydroxylation is 1. The molecule has 0 N–H and O–H groups in total. The van der Waals surface area contributed by atoms with Crippen molar-refractivity contribution in [3.8, 4) is 0 Å². The molecule has 2 fully saturated rings. The quantitative estimate of drug-likeness (QED) is 0.688. The third-order valence-electron chi connectivity index (χ3n) is 5.41. The van der Waals surface area contributed by atoms with Gasteiger partial charge in [0.2, 0.25) is 0 Å². The van der Waals surface area contributed by atoms with Crippen molar-refractivity contribution in [2.75, 3.05) is 31.1 Å². The number of rotatable bonds is 2. The highest BCUT2D eigenvalue weighted by atomic mass is 16.2. The number of fused-ring (bicyclic) bond motifs is 2. The first-order valence-electron chi connectivity index (χ1n) is 8.82. The fraction of sp³-hybridized carbons (Fsp3) is 0.389.